The van der Waals surface area contributed by atoms with Crippen LogP contribution in [0, 0.1) is 0 Å². The molecule has 0 fully saturated rings. The summed E-state index contributed by atoms with van der Waals surface area (Å²) < 4.78 is 2.22. The van der Waals surface area contributed by atoms with E-state index in [1.165, 1.54) is 16.0 Å². The number of aromatic nitrogens is 5. The van der Waals surface area contributed by atoms with E-state index < -0.39 is 5.69 Å². The van der Waals surface area contributed by atoms with Crippen LogP contribution >= 0.6 is 11.3 Å². The van der Waals surface area contributed by atoms with Crippen LogP contribution in [-0.2, 0) is 6.54 Å². The number of Topliss-reactive ketones (excluding diaryl/α,β-unsaturated/α-hetero) is 1. The molecule has 3 aromatic rings. The average Bonchev–Trinajstić information content (AvgIpc) is 3.11. The highest BCUT2D eigenvalue weighted by Crippen LogP contribution is 2.10. The first-order valence-electron chi connectivity index (χ1n) is 5.49. The fourth-order valence-electron chi connectivity index (χ4n) is 1.63. The summed E-state index contributed by atoms with van der Waals surface area (Å²) in [5, 5.41) is 9.98. The minimum absolute atomic E-state index is 0.134. The van der Waals surface area contributed by atoms with Gasteiger partial charge in [-0.2, -0.15) is 9.36 Å². The minimum atomic E-state index is -0.428. The molecule has 0 atom stereocenters. The Morgan fingerprint density at radius 1 is 1.32 bits per heavy atom. The summed E-state index contributed by atoms with van der Waals surface area (Å²) >= 11 is 1.38. The third-order valence-electron chi connectivity index (χ3n) is 2.55. The quantitative estimate of drug-likeness (QED) is 0.710. The lowest BCUT2D eigenvalue weighted by Gasteiger charge is -1.96. The van der Waals surface area contributed by atoms with Crippen LogP contribution in [0.3, 0.4) is 0 Å². The normalized spacial score (nSPS) is 10.7. The number of ketones is 1. The van der Waals surface area contributed by atoms with Gasteiger partial charge < -0.3 is 4.98 Å². The summed E-state index contributed by atoms with van der Waals surface area (Å²) in [5.41, 5.74) is 0.0138. The van der Waals surface area contributed by atoms with Crippen molar-refractivity contribution in [2.75, 3.05) is 0 Å². The van der Waals surface area contributed by atoms with E-state index in [0.29, 0.717) is 10.7 Å². The first kappa shape index (κ1) is 11.6. The molecule has 0 aliphatic rings. The fraction of sp³-hybridized carbons (Fsp3) is 0.0909. The molecule has 0 amide bonds. The van der Waals surface area contributed by atoms with Crippen LogP contribution in [0.2, 0.25) is 0 Å². The third-order valence-corrected chi connectivity index (χ3v) is 3.39. The number of carbonyl (C=O) groups is 1. The van der Waals surface area contributed by atoms with Crippen molar-refractivity contribution in [3.63, 3.8) is 0 Å². The fourth-order valence-corrected chi connectivity index (χ4v) is 2.30. The Bertz CT molecular complexity index is 739. The predicted molar refractivity (Wildman–Crippen MR) is 68.6 cm³/mol. The first-order valence-corrected chi connectivity index (χ1v) is 6.37. The van der Waals surface area contributed by atoms with Gasteiger partial charge in [0.05, 0.1) is 5.69 Å². The molecule has 0 aromatic carbocycles. The highest BCUT2D eigenvalue weighted by molar-refractivity contribution is 7.12. The number of thiophene rings is 1. The topological polar surface area (TPSA) is 85.6 Å². The van der Waals surface area contributed by atoms with E-state index in [4.69, 9.17) is 0 Å². The van der Waals surface area contributed by atoms with E-state index in [-0.39, 0.29) is 12.3 Å². The van der Waals surface area contributed by atoms with Crippen molar-refractivity contribution in [3.8, 4) is 5.00 Å². The molecule has 0 aliphatic heterocycles. The van der Waals surface area contributed by atoms with Gasteiger partial charge in [0.15, 0.2) is 0 Å². The van der Waals surface area contributed by atoms with E-state index in [1.807, 2.05) is 11.4 Å². The SMILES string of the molecule is O=C(Cn1nnn(-c2cccs2)c1=O)c1ccc[nH]1. The molecule has 0 saturated carbocycles. The number of hydrogen-bond donors (Lipinski definition) is 1. The second kappa shape index (κ2) is 4.65. The van der Waals surface area contributed by atoms with Crippen LogP contribution in [0.5, 0.6) is 0 Å². The monoisotopic (exact) mass is 275 g/mol. The Kier molecular flexibility index (Phi) is 2.84. The first-order chi connectivity index (χ1) is 9.25. The Balaban J connectivity index is 1.87. The highest BCUT2D eigenvalue weighted by Gasteiger charge is 2.14. The van der Waals surface area contributed by atoms with Gasteiger partial charge in [-0.15, -0.1) is 11.3 Å². The smallest absolute Gasteiger partial charge is 0.359 e. The maximum atomic E-state index is 12.0. The number of tetrazole rings is 1. The molecule has 0 saturated heterocycles. The van der Waals surface area contributed by atoms with Crippen LogP contribution in [0.1, 0.15) is 10.5 Å². The number of nitrogens with one attached hydrogen (secondary N) is 1. The zero-order valence-corrected chi connectivity index (χ0v) is 10.5. The predicted octanol–water partition coefficient (Wildman–Crippen LogP) is 0.701. The van der Waals surface area contributed by atoms with E-state index in [1.54, 1.807) is 24.4 Å². The summed E-state index contributed by atoms with van der Waals surface area (Å²) in [5.74, 6) is -0.217. The van der Waals surface area contributed by atoms with E-state index in [2.05, 4.69) is 15.4 Å². The molecule has 19 heavy (non-hydrogen) atoms. The van der Waals surface area contributed by atoms with Gasteiger partial charge in [0.2, 0.25) is 5.78 Å². The zero-order valence-electron chi connectivity index (χ0n) is 9.68. The summed E-state index contributed by atoms with van der Waals surface area (Å²) in [4.78, 5) is 26.7. The number of carbonyl (C=O) groups excluding carboxylic acids is 1. The second-order valence-corrected chi connectivity index (χ2v) is 4.72. The molecular formula is C11H9N5O2S. The number of rotatable bonds is 4. The highest BCUT2D eigenvalue weighted by atomic mass is 32.1. The number of nitrogens with zero attached hydrogens (tertiary/aromatic N) is 4. The second-order valence-electron chi connectivity index (χ2n) is 3.79. The van der Waals surface area contributed by atoms with Crippen LogP contribution in [0.25, 0.3) is 5.00 Å². The molecule has 1 N–H and O–H groups in total. The van der Waals surface area contributed by atoms with Crippen molar-refractivity contribution < 1.29 is 4.79 Å². The van der Waals surface area contributed by atoms with Crippen molar-refractivity contribution in [1.29, 1.82) is 0 Å². The van der Waals surface area contributed by atoms with Crippen molar-refractivity contribution in [2.45, 2.75) is 6.54 Å². The zero-order chi connectivity index (χ0) is 13.2. The number of H-pyrrole nitrogens is 1. The molecule has 0 bridgehead atoms. The van der Waals surface area contributed by atoms with Crippen molar-refractivity contribution in [1.82, 2.24) is 24.8 Å². The van der Waals surface area contributed by atoms with Crippen LogP contribution in [0.15, 0.2) is 40.6 Å². The Hall–Kier alpha value is -2.48. The third kappa shape index (κ3) is 2.13. The summed E-state index contributed by atoms with van der Waals surface area (Å²) in [6, 6.07) is 6.95. The molecule has 96 valence electrons. The van der Waals surface area contributed by atoms with E-state index >= 15 is 0 Å². The Morgan fingerprint density at radius 2 is 2.21 bits per heavy atom. The standard InChI is InChI=1S/C11H9N5O2S/c17-9(8-3-1-5-12-8)7-15-11(18)16(14-13-15)10-4-2-6-19-10/h1-6,12H,7H2. The molecule has 0 aliphatic carbocycles. The number of hydrogen-bond acceptors (Lipinski definition) is 5. The van der Waals surface area contributed by atoms with Gasteiger partial charge in [-0.3, -0.25) is 4.79 Å². The van der Waals surface area contributed by atoms with Gasteiger partial charge in [-0.25, -0.2) is 4.79 Å². The molecule has 3 rings (SSSR count). The number of aromatic amines is 1. The minimum Gasteiger partial charge on any atom is -0.359 e. The lowest BCUT2D eigenvalue weighted by molar-refractivity contribution is 0.0961. The summed E-state index contributed by atoms with van der Waals surface area (Å²) in [6.07, 6.45) is 1.65. The summed E-state index contributed by atoms with van der Waals surface area (Å²) in [7, 11) is 0. The Labute approximate surface area is 111 Å². The molecule has 0 radical (unpaired) electrons. The largest absolute Gasteiger partial charge is 0.369 e. The van der Waals surface area contributed by atoms with Gasteiger partial charge in [-0.05, 0) is 40.1 Å². The molecule has 3 aromatic heterocycles. The molecular weight excluding hydrogens is 266 g/mol. The maximum Gasteiger partial charge on any atom is 0.369 e. The van der Waals surface area contributed by atoms with Gasteiger partial charge in [-0.1, -0.05) is 0 Å². The molecule has 0 unspecified atom stereocenters. The van der Waals surface area contributed by atoms with E-state index in [9.17, 15) is 9.59 Å². The Morgan fingerprint density at radius 3 is 2.89 bits per heavy atom. The molecule has 7 nitrogen and oxygen atoms in total. The molecule has 8 heteroatoms. The van der Waals surface area contributed by atoms with E-state index in [0.717, 1.165) is 4.68 Å². The molecule has 3 heterocycles. The van der Waals surface area contributed by atoms with Gasteiger partial charge in [0.1, 0.15) is 11.5 Å². The van der Waals surface area contributed by atoms with Crippen LogP contribution in [-0.4, -0.2) is 30.6 Å². The van der Waals surface area contributed by atoms with Gasteiger partial charge in [0, 0.05) is 6.20 Å². The van der Waals surface area contributed by atoms with Crippen molar-refractivity contribution in [3.05, 3.63) is 52.0 Å². The van der Waals surface area contributed by atoms with Crippen molar-refractivity contribution in [2.24, 2.45) is 0 Å². The lowest BCUT2D eigenvalue weighted by Crippen LogP contribution is -2.27. The maximum absolute atomic E-state index is 12.0. The van der Waals surface area contributed by atoms with Crippen LogP contribution in [0.4, 0.5) is 0 Å². The summed E-state index contributed by atoms with van der Waals surface area (Å²) in [6.45, 7) is -0.134. The lowest BCUT2D eigenvalue weighted by atomic mass is 10.3. The average molecular weight is 275 g/mol. The van der Waals surface area contributed by atoms with Crippen LogP contribution < -0.4 is 5.69 Å². The molecule has 0 spiro atoms. The van der Waals surface area contributed by atoms with Gasteiger partial charge in [0.25, 0.3) is 0 Å². The van der Waals surface area contributed by atoms with Crippen molar-refractivity contribution >= 4 is 17.1 Å². The van der Waals surface area contributed by atoms with Gasteiger partial charge >= 0.3 is 5.69 Å².